The van der Waals surface area contributed by atoms with Gasteiger partial charge in [0.1, 0.15) is 0 Å². The van der Waals surface area contributed by atoms with Crippen molar-refractivity contribution in [1.29, 1.82) is 0 Å². The SMILES string of the molecule is CCCNC(Cc1nn(C)c2ccccc12)C(F)F. The Morgan fingerprint density at radius 2 is 2.05 bits per heavy atom. The van der Waals surface area contributed by atoms with E-state index in [1.54, 1.807) is 4.68 Å². The van der Waals surface area contributed by atoms with Crippen LogP contribution in [-0.2, 0) is 13.5 Å². The van der Waals surface area contributed by atoms with E-state index in [-0.39, 0.29) is 6.42 Å². The van der Waals surface area contributed by atoms with Crippen molar-refractivity contribution in [3.8, 4) is 0 Å². The Balaban J connectivity index is 2.23. The zero-order chi connectivity index (χ0) is 13.8. The summed E-state index contributed by atoms with van der Waals surface area (Å²) in [7, 11) is 1.84. The number of para-hydroxylation sites is 1. The molecule has 2 rings (SSSR count). The predicted molar refractivity (Wildman–Crippen MR) is 72.5 cm³/mol. The second kappa shape index (κ2) is 6.10. The quantitative estimate of drug-likeness (QED) is 0.872. The Bertz CT molecular complexity index is 536. The van der Waals surface area contributed by atoms with Crippen LogP contribution >= 0.6 is 0 Å². The van der Waals surface area contributed by atoms with Crippen molar-refractivity contribution in [2.75, 3.05) is 6.54 Å². The van der Waals surface area contributed by atoms with E-state index in [0.29, 0.717) is 6.54 Å². The number of benzene rings is 1. The second-order valence-electron chi connectivity index (χ2n) is 4.69. The molecule has 19 heavy (non-hydrogen) atoms. The lowest BCUT2D eigenvalue weighted by Crippen LogP contribution is -2.38. The second-order valence-corrected chi connectivity index (χ2v) is 4.69. The number of halogens is 2. The van der Waals surface area contributed by atoms with Gasteiger partial charge in [0.05, 0.1) is 17.3 Å². The molecule has 2 aromatic rings. The van der Waals surface area contributed by atoms with E-state index in [4.69, 9.17) is 0 Å². The van der Waals surface area contributed by atoms with E-state index in [0.717, 1.165) is 23.0 Å². The topological polar surface area (TPSA) is 29.9 Å². The lowest BCUT2D eigenvalue weighted by Gasteiger charge is -2.16. The Morgan fingerprint density at radius 3 is 2.74 bits per heavy atom. The van der Waals surface area contributed by atoms with Crippen molar-refractivity contribution in [2.24, 2.45) is 7.05 Å². The fraction of sp³-hybridized carbons (Fsp3) is 0.500. The lowest BCUT2D eigenvalue weighted by atomic mass is 10.1. The first-order valence-electron chi connectivity index (χ1n) is 6.55. The Hall–Kier alpha value is -1.49. The third kappa shape index (κ3) is 3.10. The number of hydrogen-bond acceptors (Lipinski definition) is 2. The Morgan fingerprint density at radius 1 is 1.32 bits per heavy atom. The summed E-state index contributed by atoms with van der Waals surface area (Å²) < 4.78 is 27.8. The molecular weight excluding hydrogens is 248 g/mol. The van der Waals surface area contributed by atoms with Crippen LogP contribution in [0.15, 0.2) is 24.3 Å². The Kier molecular flexibility index (Phi) is 4.47. The highest BCUT2D eigenvalue weighted by Gasteiger charge is 2.22. The van der Waals surface area contributed by atoms with Crippen molar-refractivity contribution in [3.05, 3.63) is 30.0 Å². The van der Waals surface area contributed by atoms with E-state index in [1.165, 1.54) is 0 Å². The van der Waals surface area contributed by atoms with Gasteiger partial charge in [0.2, 0.25) is 0 Å². The molecule has 0 aliphatic heterocycles. The molecule has 0 aliphatic rings. The molecule has 0 amide bonds. The van der Waals surface area contributed by atoms with Crippen molar-refractivity contribution >= 4 is 10.9 Å². The summed E-state index contributed by atoms with van der Waals surface area (Å²) in [6, 6.07) is 6.87. The summed E-state index contributed by atoms with van der Waals surface area (Å²) in [5.74, 6) is 0. The summed E-state index contributed by atoms with van der Waals surface area (Å²) >= 11 is 0. The third-order valence-electron chi connectivity index (χ3n) is 3.21. The van der Waals surface area contributed by atoms with Crippen LogP contribution in [-0.4, -0.2) is 28.8 Å². The first-order valence-corrected chi connectivity index (χ1v) is 6.55. The number of aromatic nitrogens is 2. The number of hydrogen-bond donors (Lipinski definition) is 1. The van der Waals surface area contributed by atoms with Gasteiger partial charge >= 0.3 is 0 Å². The average molecular weight is 267 g/mol. The molecule has 1 unspecified atom stereocenters. The van der Waals surface area contributed by atoms with Gasteiger partial charge in [-0.1, -0.05) is 25.1 Å². The summed E-state index contributed by atoms with van der Waals surface area (Å²) in [5, 5.41) is 8.21. The van der Waals surface area contributed by atoms with Crippen LogP contribution in [0.1, 0.15) is 19.0 Å². The molecule has 3 nitrogen and oxygen atoms in total. The van der Waals surface area contributed by atoms with E-state index in [9.17, 15) is 8.78 Å². The predicted octanol–water partition coefficient (Wildman–Crippen LogP) is 2.75. The minimum absolute atomic E-state index is 0.249. The molecule has 0 bridgehead atoms. The fourth-order valence-corrected chi connectivity index (χ4v) is 2.23. The number of nitrogens with one attached hydrogen (secondary N) is 1. The maximum absolute atomic E-state index is 13.0. The third-order valence-corrected chi connectivity index (χ3v) is 3.21. The number of alkyl halides is 2. The lowest BCUT2D eigenvalue weighted by molar-refractivity contribution is 0.0979. The van der Waals surface area contributed by atoms with Crippen LogP contribution in [0, 0.1) is 0 Å². The zero-order valence-corrected chi connectivity index (χ0v) is 11.2. The van der Waals surface area contributed by atoms with Crippen LogP contribution in [0.2, 0.25) is 0 Å². The van der Waals surface area contributed by atoms with Gasteiger partial charge in [-0.2, -0.15) is 5.10 Å². The molecule has 0 saturated carbocycles. The van der Waals surface area contributed by atoms with Crippen LogP contribution in [0.3, 0.4) is 0 Å². The van der Waals surface area contributed by atoms with Gasteiger partial charge in [-0.25, -0.2) is 8.78 Å². The average Bonchev–Trinajstić information content (AvgIpc) is 2.72. The molecule has 1 atom stereocenters. The zero-order valence-electron chi connectivity index (χ0n) is 11.2. The summed E-state index contributed by atoms with van der Waals surface area (Å²) in [5.41, 5.74) is 1.70. The van der Waals surface area contributed by atoms with E-state index in [2.05, 4.69) is 10.4 Å². The molecule has 1 aromatic heterocycles. The molecular formula is C14H19F2N3. The molecule has 1 heterocycles. The first kappa shape index (κ1) is 13.9. The molecule has 0 saturated heterocycles. The van der Waals surface area contributed by atoms with Crippen LogP contribution in [0.5, 0.6) is 0 Å². The largest absolute Gasteiger partial charge is 0.309 e. The monoisotopic (exact) mass is 267 g/mol. The highest BCUT2D eigenvalue weighted by molar-refractivity contribution is 5.81. The van der Waals surface area contributed by atoms with Crippen LogP contribution in [0.4, 0.5) is 8.78 Å². The molecule has 0 spiro atoms. The normalized spacial score (nSPS) is 13.3. The highest BCUT2D eigenvalue weighted by Crippen LogP contribution is 2.20. The summed E-state index contributed by atoms with van der Waals surface area (Å²) in [4.78, 5) is 0. The first-order chi connectivity index (χ1) is 9.13. The molecule has 104 valence electrons. The van der Waals surface area contributed by atoms with Gasteiger partial charge < -0.3 is 5.32 Å². The van der Waals surface area contributed by atoms with Crippen LogP contribution < -0.4 is 5.32 Å². The molecule has 5 heteroatoms. The van der Waals surface area contributed by atoms with Crippen LogP contribution in [0.25, 0.3) is 10.9 Å². The van der Waals surface area contributed by atoms with E-state index < -0.39 is 12.5 Å². The van der Waals surface area contributed by atoms with Gasteiger partial charge in [-0.15, -0.1) is 0 Å². The minimum Gasteiger partial charge on any atom is -0.309 e. The molecule has 1 N–H and O–H groups in total. The van der Waals surface area contributed by atoms with Crippen molar-refractivity contribution in [1.82, 2.24) is 15.1 Å². The minimum atomic E-state index is -2.38. The van der Waals surface area contributed by atoms with Crippen molar-refractivity contribution in [3.63, 3.8) is 0 Å². The van der Waals surface area contributed by atoms with Gasteiger partial charge in [0, 0.05) is 18.9 Å². The maximum atomic E-state index is 13.0. The smallest absolute Gasteiger partial charge is 0.254 e. The van der Waals surface area contributed by atoms with Gasteiger partial charge in [0.25, 0.3) is 6.43 Å². The van der Waals surface area contributed by atoms with Gasteiger partial charge in [0.15, 0.2) is 0 Å². The number of fused-ring (bicyclic) bond motifs is 1. The van der Waals surface area contributed by atoms with E-state index in [1.807, 2.05) is 38.2 Å². The number of aryl methyl sites for hydroxylation is 1. The molecule has 1 aromatic carbocycles. The fourth-order valence-electron chi connectivity index (χ4n) is 2.23. The van der Waals surface area contributed by atoms with Gasteiger partial charge in [-0.3, -0.25) is 4.68 Å². The molecule has 0 fully saturated rings. The number of rotatable bonds is 6. The Labute approximate surface area is 111 Å². The van der Waals surface area contributed by atoms with Gasteiger partial charge in [-0.05, 0) is 19.0 Å². The molecule has 0 aliphatic carbocycles. The summed E-state index contributed by atoms with van der Waals surface area (Å²) in [6.45, 7) is 2.56. The summed E-state index contributed by atoms with van der Waals surface area (Å²) in [6.07, 6.45) is -1.29. The van der Waals surface area contributed by atoms with E-state index >= 15 is 0 Å². The maximum Gasteiger partial charge on any atom is 0.254 e. The molecule has 0 radical (unpaired) electrons. The number of nitrogens with zero attached hydrogens (tertiary/aromatic N) is 2. The van der Waals surface area contributed by atoms with Crippen molar-refractivity contribution in [2.45, 2.75) is 32.2 Å². The highest BCUT2D eigenvalue weighted by atomic mass is 19.3. The standard InChI is InChI=1S/C14H19F2N3/c1-3-8-17-12(14(15)16)9-11-10-6-4-5-7-13(10)19(2)18-11/h4-7,12,14,17H,3,8-9H2,1-2H3. The van der Waals surface area contributed by atoms with Crippen molar-refractivity contribution < 1.29 is 8.78 Å².